The van der Waals surface area contributed by atoms with Gasteiger partial charge in [0.1, 0.15) is 6.26 Å². The minimum Gasteiger partial charge on any atom is -0.444 e. The third-order valence-corrected chi connectivity index (χ3v) is 4.84. The zero-order valence-corrected chi connectivity index (χ0v) is 17.2. The lowest BCUT2D eigenvalue weighted by molar-refractivity contribution is 0.572. The molecule has 3 rings (SSSR count). The van der Waals surface area contributed by atoms with Gasteiger partial charge < -0.3 is 15.1 Å². The van der Waals surface area contributed by atoms with Crippen LogP contribution in [0, 0.1) is 20.8 Å². The third-order valence-electron chi connectivity index (χ3n) is 4.84. The summed E-state index contributed by atoms with van der Waals surface area (Å²) >= 11 is 0. The summed E-state index contributed by atoms with van der Waals surface area (Å²) in [6.45, 7) is 7.56. The maximum atomic E-state index is 5.61. The van der Waals surface area contributed by atoms with E-state index >= 15 is 0 Å². The number of hydrogen-bond acceptors (Lipinski definition) is 4. The molecule has 148 valence electrons. The largest absolute Gasteiger partial charge is 0.444 e. The van der Waals surface area contributed by atoms with Gasteiger partial charge in [-0.2, -0.15) is 5.10 Å². The first-order chi connectivity index (χ1) is 13.5. The average Bonchev–Trinajstić information content (AvgIpc) is 3.24. The highest BCUT2D eigenvalue weighted by Crippen LogP contribution is 2.19. The van der Waals surface area contributed by atoms with E-state index in [9.17, 15) is 0 Å². The van der Waals surface area contributed by atoms with Gasteiger partial charge in [0.25, 0.3) is 0 Å². The van der Waals surface area contributed by atoms with Crippen LogP contribution in [0.2, 0.25) is 0 Å². The van der Waals surface area contributed by atoms with Crippen LogP contribution >= 0.6 is 0 Å². The normalized spacial score (nSPS) is 11.7. The molecule has 28 heavy (non-hydrogen) atoms. The molecule has 0 atom stereocenters. The van der Waals surface area contributed by atoms with E-state index in [-0.39, 0.29) is 0 Å². The number of aromatic nitrogens is 3. The van der Waals surface area contributed by atoms with Crippen molar-refractivity contribution in [3.63, 3.8) is 0 Å². The van der Waals surface area contributed by atoms with E-state index < -0.39 is 0 Å². The van der Waals surface area contributed by atoms with Crippen molar-refractivity contribution in [3.05, 3.63) is 58.7 Å². The summed E-state index contributed by atoms with van der Waals surface area (Å²) in [5.74, 6) is 1.41. The summed E-state index contributed by atoms with van der Waals surface area (Å²) in [5.41, 5.74) is 6.52. The molecule has 0 radical (unpaired) electrons. The number of hydrogen-bond donors (Lipinski definition) is 2. The number of nitrogens with zero attached hydrogens (tertiary/aromatic N) is 4. The summed E-state index contributed by atoms with van der Waals surface area (Å²) in [7, 11) is 3.73. The number of guanidine groups is 1. The van der Waals surface area contributed by atoms with Crippen molar-refractivity contribution in [1.29, 1.82) is 0 Å². The van der Waals surface area contributed by atoms with Crippen molar-refractivity contribution in [2.75, 3.05) is 13.6 Å². The fourth-order valence-electron chi connectivity index (χ4n) is 3.03. The second-order valence-corrected chi connectivity index (χ2v) is 6.89. The van der Waals surface area contributed by atoms with E-state index in [0.717, 1.165) is 35.0 Å². The molecule has 2 N–H and O–H groups in total. The van der Waals surface area contributed by atoms with Gasteiger partial charge in [-0.05, 0) is 32.9 Å². The fraction of sp³-hybridized carbons (Fsp3) is 0.381. The summed E-state index contributed by atoms with van der Waals surface area (Å²) < 4.78 is 7.52. The summed E-state index contributed by atoms with van der Waals surface area (Å²) in [6, 6.07) is 8.17. The number of benzene rings is 1. The second kappa shape index (κ2) is 8.73. The van der Waals surface area contributed by atoms with E-state index in [1.54, 1.807) is 13.3 Å². The molecule has 0 fully saturated rings. The SMILES string of the molecule is CN=C(NCCc1coc(-c2ccc(C)cc2)n1)NCc1c(C)nn(C)c1C. The lowest BCUT2D eigenvalue weighted by atomic mass is 10.1. The highest BCUT2D eigenvalue weighted by atomic mass is 16.3. The average molecular weight is 380 g/mol. The maximum Gasteiger partial charge on any atom is 0.226 e. The number of nitrogens with one attached hydrogen (secondary N) is 2. The standard InChI is InChI=1S/C21H28N6O/c1-14-6-8-17(9-7-14)20-25-18(13-28-20)10-11-23-21(22-4)24-12-19-15(2)26-27(5)16(19)3/h6-9,13H,10-12H2,1-5H3,(H2,22,23,24). The first-order valence-corrected chi connectivity index (χ1v) is 9.43. The minimum absolute atomic E-state index is 0.653. The molecular formula is C21H28N6O. The molecule has 0 bridgehead atoms. The topological polar surface area (TPSA) is 80.3 Å². The van der Waals surface area contributed by atoms with E-state index in [1.807, 2.05) is 30.8 Å². The van der Waals surface area contributed by atoms with Crippen LogP contribution in [0.1, 0.15) is 28.2 Å². The van der Waals surface area contributed by atoms with Crippen molar-refractivity contribution in [2.45, 2.75) is 33.7 Å². The monoisotopic (exact) mass is 380 g/mol. The lowest BCUT2D eigenvalue weighted by Crippen LogP contribution is -2.38. The molecule has 0 aliphatic rings. The summed E-state index contributed by atoms with van der Waals surface area (Å²) in [6.07, 6.45) is 2.47. The Morgan fingerprint density at radius 3 is 2.54 bits per heavy atom. The van der Waals surface area contributed by atoms with Gasteiger partial charge in [0.05, 0.1) is 11.4 Å². The number of aryl methyl sites for hydroxylation is 3. The van der Waals surface area contributed by atoms with Gasteiger partial charge in [-0.25, -0.2) is 4.98 Å². The smallest absolute Gasteiger partial charge is 0.226 e. The predicted octanol–water partition coefficient (Wildman–Crippen LogP) is 2.91. The predicted molar refractivity (Wildman–Crippen MR) is 111 cm³/mol. The van der Waals surface area contributed by atoms with Crippen LogP contribution in [0.5, 0.6) is 0 Å². The Morgan fingerprint density at radius 1 is 1.14 bits per heavy atom. The zero-order chi connectivity index (χ0) is 20.1. The Labute approximate surface area is 165 Å². The molecule has 0 unspecified atom stereocenters. The zero-order valence-electron chi connectivity index (χ0n) is 17.2. The van der Waals surface area contributed by atoms with Crippen molar-refractivity contribution in [2.24, 2.45) is 12.0 Å². The fourth-order valence-corrected chi connectivity index (χ4v) is 3.03. The van der Waals surface area contributed by atoms with E-state index in [0.29, 0.717) is 19.0 Å². The van der Waals surface area contributed by atoms with Crippen LogP contribution in [-0.2, 0) is 20.0 Å². The van der Waals surface area contributed by atoms with Gasteiger partial charge in [-0.1, -0.05) is 17.7 Å². The highest BCUT2D eigenvalue weighted by Gasteiger charge is 2.10. The maximum absolute atomic E-state index is 5.61. The van der Waals surface area contributed by atoms with E-state index in [4.69, 9.17) is 4.42 Å². The molecule has 7 nitrogen and oxygen atoms in total. The van der Waals surface area contributed by atoms with Gasteiger partial charge in [0.2, 0.25) is 5.89 Å². The van der Waals surface area contributed by atoms with Crippen LogP contribution in [0.3, 0.4) is 0 Å². The van der Waals surface area contributed by atoms with Gasteiger partial charge in [-0.15, -0.1) is 0 Å². The second-order valence-electron chi connectivity index (χ2n) is 6.89. The van der Waals surface area contributed by atoms with Crippen LogP contribution < -0.4 is 10.6 Å². The molecule has 0 saturated carbocycles. The van der Waals surface area contributed by atoms with Crippen molar-refractivity contribution in [3.8, 4) is 11.5 Å². The molecule has 7 heteroatoms. The number of rotatable bonds is 6. The molecule has 0 amide bonds. The van der Waals surface area contributed by atoms with Gasteiger partial charge in [0.15, 0.2) is 5.96 Å². The Balaban J connectivity index is 1.50. The number of oxazole rings is 1. The van der Waals surface area contributed by atoms with Crippen molar-refractivity contribution >= 4 is 5.96 Å². The van der Waals surface area contributed by atoms with Gasteiger partial charge in [0, 0.05) is 50.4 Å². The van der Waals surface area contributed by atoms with Gasteiger partial charge in [-0.3, -0.25) is 9.67 Å². The third kappa shape index (κ3) is 4.60. The molecule has 1 aromatic carbocycles. The Hall–Kier alpha value is -3.09. The number of aliphatic imine (C=N–C) groups is 1. The highest BCUT2D eigenvalue weighted by molar-refractivity contribution is 5.79. The molecule has 0 aliphatic heterocycles. The summed E-state index contributed by atoms with van der Waals surface area (Å²) in [5, 5.41) is 11.1. The molecular weight excluding hydrogens is 352 g/mol. The Bertz CT molecular complexity index is 952. The molecule has 2 heterocycles. The van der Waals surface area contributed by atoms with Crippen molar-refractivity contribution < 1.29 is 4.42 Å². The van der Waals surface area contributed by atoms with Crippen molar-refractivity contribution in [1.82, 2.24) is 25.4 Å². The molecule has 2 aromatic heterocycles. The van der Waals surface area contributed by atoms with Crippen LogP contribution in [0.15, 0.2) is 39.9 Å². The minimum atomic E-state index is 0.653. The quantitative estimate of drug-likeness (QED) is 0.508. The van der Waals surface area contributed by atoms with E-state index in [2.05, 4.69) is 51.7 Å². The molecule has 0 saturated heterocycles. The Kier molecular flexibility index (Phi) is 6.13. The first-order valence-electron chi connectivity index (χ1n) is 9.43. The van der Waals surface area contributed by atoms with E-state index in [1.165, 1.54) is 11.1 Å². The lowest BCUT2D eigenvalue weighted by Gasteiger charge is -2.11. The van der Waals surface area contributed by atoms with Crippen LogP contribution in [0.25, 0.3) is 11.5 Å². The summed E-state index contributed by atoms with van der Waals surface area (Å²) in [4.78, 5) is 8.86. The molecule has 0 aliphatic carbocycles. The molecule has 3 aromatic rings. The first kappa shape index (κ1) is 19.7. The van der Waals surface area contributed by atoms with Gasteiger partial charge >= 0.3 is 0 Å². The Morgan fingerprint density at radius 2 is 1.89 bits per heavy atom. The van der Waals surface area contributed by atoms with Crippen LogP contribution in [0.4, 0.5) is 0 Å². The van der Waals surface area contributed by atoms with Crippen LogP contribution in [-0.4, -0.2) is 34.3 Å². The molecule has 0 spiro atoms.